The molecule has 25 heavy (non-hydrogen) atoms. The molecule has 7 heteroatoms. The number of aliphatic hydroxyl groups excluding tert-OH is 1. The molecule has 1 atom stereocenters. The van der Waals surface area contributed by atoms with E-state index >= 15 is 0 Å². The zero-order valence-electron chi connectivity index (χ0n) is 15.5. The summed E-state index contributed by atoms with van der Waals surface area (Å²) < 4.78 is 17.5. The van der Waals surface area contributed by atoms with Crippen molar-refractivity contribution >= 4 is 18.5 Å². The molecule has 0 bridgehead atoms. The Morgan fingerprint density at radius 1 is 1.28 bits per heavy atom. The maximum atomic E-state index is 12.8. The lowest BCUT2D eigenvalue weighted by Crippen LogP contribution is -2.41. The van der Waals surface area contributed by atoms with Gasteiger partial charge >= 0.3 is 7.12 Å². The van der Waals surface area contributed by atoms with E-state index in [9.17, 15) is 9.90 Å². The summed E-state index contributed by atoms with van der Waals surface area (Å²) in [6.45, 7) is 8.87. The Kier molecular flexibility index (Phi) is 4.60. The molecule has 2 aliphatic rings. The molecular formula is C18H26BNO5. The fourth-order valence-electron chi connectivity index (χ4n) is 3.12. The van der Waals surface area contributed by atoms with Crippen LogP contribution in [0.2, 0.25) is 0 Å². The number of benzene rings is 1. The number of rotatable bonds is 3. The summed E-state index contributed by atoms with van der Waals surface area (Å²) in [5, 5.41) is 9.70. The van der Waals surface area contributed by atoms with Crippen LogP contribution >= 0.6 is 0 Å². The average molecular weight is 347 g/mol. The normalized spacial score (nSPS) is 24.6. The van der Waals surface area contributed by atoms with Gasteiger partial charge in [0.05, 0.1) is 30.0 Å². The topological polar surface area (TPSA) is 68.2 Å². The van der Waals surface area contributed by atoms with Crippen LogP contribution in [0.15, 0.2) is 18.2 Å². The van der Waals surface area contributed by atoms with Gasteiger partial charge in [0.2, 0.25) is 0 Å². The number of ether oxygens (including phenoxy) is 1. The van der Waals surface area contributed by atoms with Gasteiger partial charge in [-0.2, -0.15) is 0 Å². The van der Waals surface area contributed by atoms with Crippen LogP contribution < -0.4 is 10.2 Å². The van der Waals surface area contributed by atoms with Crippen molar-refractivity contribution in [1.29, 1.82) is 0 Å². The van der Waals surface area contributed by atoms with Crippen LogP contribution in [0.5, 0.6) is 5.75 Å². The average Bonchev–Trinajstić information content (AvgIpc) is 3.07. The molecular weight excluding hydrogens is 321 g/mol. The highest BCUT2D eigenvalue weighted by molar-refractivity contribution is 6.62. The van der Waals surface area contributed by atoms with Gasteiger partial charge in [-0.15, -0.1) is 0 Å². The fraction of sp³-hybridized carbons (Fsp3) is 0.611. The highest BCUT2D eigenvalue weighted by atomic mass is 16.7. The van der Waals surface area contributed by atoms with E-state index in [1.807, 2.05) is 33.8 Å². The predicted octanol–water partition coefficient (Wildman–Crippen LogP) is 1.20. The van der Waals surface area contributed by atoms with Crippen molar-refractivity contribution in [2.45, 2.75) is 51.4 Å². The maximum absolute atomic E-state index is 12.8. The minimum atomic E-state index is -0.536. The summed E-state index contributed by atoms with van der Waals surface area (Å²) in [5.74, 6) is 0.360. The first-order valence-corrected chi connectivity index (χ1v) is 8.65. The molecule has 0 radical (unpaired) electrons. The van der Waals surface area contributed by atoms with Crippen molar-refractivity contribution in [1.82, 2.24) is 4.90 Å². The molecule has 3 rings (SSSR count). The third-order valence-electron chi connectivity index (χ3n) is 5.43. The number of hydrogen-bond acceptors (Lipinski definition) is 5. The number of amides is 1. The lowest BCUT2D eigenvalue weighted by Gasteiger charge is -2.32. The second-order valence-electron chi connectivity index (χ2n) is 7.74. The van der Waals surface area contributed by atoms with E-state index in [1.165, 1.54) is 0 Å². The van der Waals surface area contributed by atoms with Gasteiger partial charge in [0.25, 0.3) is 5.91 Å². The number of carbonyl (C=O) groups excluding carboxylic acids is 1. The molecule has 0 aromatic heterocycles. The Labute approximate surface area is 149 Å². The monoisotopic (exact) mass is 347 g/mol. The van der Waals surface area contributed by atoms with Crippen LogP contribution in [-0.2, 0) is 9.31 Å². The summed E-state index contributed by atoms with van der Waals surface area (Å²) in [5.41, 5.74) is 0.355. The summed E-state index contributed by atoms with van der Waals surface area (Å²) in [6.07, 6.45) is 0.145. The molecule has 6 nitrogen and oxygen atoms in total. The molecule has 2 fully saturated rings. The molecule has 1 unspecified atom stereocenters. The zero-order valence-corrected chi connectivity index (χ0v) is 15.5. The van der Waals surface area contributed by atoms with E-state index in [4.69, 9.17) is 14.0 Å². The minimum absolute atomic E-state index is 0.147. The van der Waals surface area contributed by atoms with E-state index in [0.717, 1.165) is 5.46 Å². The Morgan fingerprint density at radius 2 is 1.92 bits per heavy atom. The highest BCUT2D eigenvalue weighted by Crippen LogP contribution is 2.36. The molecule has 1 amide bonds. The zero-order chi connectivity index (χ0) is 18.4. The second kappa shape index (κ2) is 6.30. The molecule has 136 valence electrons. The van der Waals surface area contributed by atoms with Gasteiger partial charge in [0, 0.05) is 13.1 Å². The molecule has 1 N–H and O–H groups in total. The van der Waals surface area contributed by atoms with E-state index in [0.29, 0.717) is 30.8 Å². The van der Waals surface area contributed by atoms with Crippen molar-refractivity contribution < 1.29 is 23.9 Å². The predicted molar refractivity (Wildman–Crippen MR) is 95.2 cm³/mol. The smallest absolute Gasteiger partial charge is 0.494 e. The van der Waals surface area contributed by atoms with Crippen molar-refractivity contribution in [2.24, 2.45) is 0 Å². The minimum Gasteiger partial charge on any atom is -0.496 e. The number of likely N-dealkylation sites (tertiary alicyclic amines) is 1. The molecule has 0 spiro atoms. The van der Waals surface area contributed by atoms with E-state index in [-0.39, 0.29) is 5.91 Å². The highest BCUT2D eigenvalue weighted by Gasteiger charge is 2.51. The first-order valence-electron chi connectivity index (χ1n) is 8.65. The van der Waals surface area contributed by atoms with Crippen LogP contribution in [0.25, 0.3) is 0 Å². The van der Waals surface area contributed by atoms with Crippen LogP contribution in [-0.4, -0.2) is 60.5 Å². The van der Waals surface area contributed by atoms with E-state index in [2.05, 4.69) is 0 Å². The molecule has 2 heterocycles. The maximum Gasteiger partial charge on any atom is 0.494 e. The van der Waals surface area contributed by atoms with Crippen molar-refractivity contribution in [3.63, 3.8) is 0 Å². The fourth-order valence-corrected chi connectivity index (χ4v) is 3.12. The third kappa shape index (κ3) is 3.28. The van der Waals surface area contributed by atoms with Gasteiger partial charge in [-0.1, -0.05) is 6.07 Å². The van der Waals surface area contributed by atoms with Gasteiger partial charge in [-0.3, -0.25) is 4.79 Å². The largest absolute Gasteiger partial charge is 0.496 e. The lowest BCUT2D eigenvalue weighted by molar-refractivity contribution is 0.00578. The first kappa shape index (κ1) is 18.2. The Bertz CT molecular complexity index is 659. The third-order valence-corrected chi connectivity index (χ3v) is 5.43. The molecule has 1 aromatic carbocycles. The van der Waals surface area contributed by atoms with Gasteiger partial charge in [-0.25, -0.2) is 0 Å². The number of nitrogens with zero attached hydrogens (tertiary/aromatic N) is 1. The second-order valence-corrected chi connectivity index (χ2v) is 7.74. The number of methoxy groups -OCH3 is 1. The van der Waals surface area contributed by atoms with Crippen LogP contribution in [0, 0.1) is 0 Å². The van der Waals surface area contributed by atoms with Gasteiger partial charge in [0.15, 0.2) is 0 Å². The SMILES string of the molecule is COc1ccc(B2OC(C)(C)C(C)(C)O2)cc1C(=O)N1CCC(O)C1. The van der Waals surface area contributed by atoms with E-state index < -0.39 is 24.4 Å². The van der Waals surface area contributed by atoms with Gasteiger partial charge < -0.3 is 24.1 Å². The number of hydrogen-bond donors (Lipinski definition) is 1. The van der Waals surface area contributed by atoms with Crippen LogP contribution in [0.4, 0.5) is 0 Å². The summed E-state index contributed by atoms with van der Waals surface area (Å²) in [7, 11) is 1.01. The number of carbonyl (C=O) groups is 1. The Morgan fingerprint density at radius 3 is 2.44 bits per heavy atom. The Balaban J connectivity index is 1.90. The van der Waals surface area contributed by atoms with Crippen molar-refractivity contribution in [2.75, 3.05) is 20.2 Å². The number of aliphatic hydroxyl groups is 1. The molecule has 1 aromatic rings. The van der Waals surface area contributed by atoms with Gasteiger partial charge in [0.1, 0.15) is 5.75 Å². The summed E-state index contributed by atoms with van der Waals surface area (Å²) in [6, 6.07) is 5.39. The summed E-state index contributed by atoms with van der Waals surface area (Å²) in [4.78, 5) is 14.5. The molecule has 0 aliphatic carbocycles. The molecule has 2 aliphatic heterocycles. The van der Waals surface area contributed by atoms with Gasteiger partial charge in [-0.05, 0) is 51.7 Å². The van der Waals surface area contributed by atoms with Crippen molar-refractivity contribution in [3.8, 4) is 5.75 Å². The van der Waals surface area contributed by atoms with Crippen LogP contribution in [0.3, 0.4) is 0 Å². The lowest BCUT2D eigenvalue weighted by atomic mass is 9.78. The Hall–Kier alpha value is -1.57. The standard InChI is InChI=1S/C18H26BNO5/c1-17(2)18(3,4)25-19(24-17)12-6-7-15(23-5)14(10-12)16(22)20-9-8-13(21)11-20/h6-7,10,13,21H,8-9,11H2,1-5H3. The molecule has 2 saturated heterocycles. The van der Waals surface area contributed by atoms with E-state index in [1.54, 1.807) is 24.1 Å². The van der Waals surface area contributed by atoms with Crippen LogP contribution in [0.1, 0.15) is 44.5 Å². The van der Waals surface area contributed by atoms with Crippen molar-refractivity contribution in [3.05, 3.63) is 23.8 Å². The number of β-amino-alcohol motifs (C(OH)–C–C–N with tert-alkyl or cyclic N) is 1. The summed E-state index contributed by atoms with van der Waals surface area (Å²) >= 11 is 0. The molecule has 0 saturated carbocycles. The quantitative estimate of drug-likeness (QED) is 0.833. The first-order chi connectivity index (χ1) is 11.6.